The number of thiophene rings is 1. The van der Waals surface area contributed by atoms with Gasteiger partial charge in [0, 0.05) is 14.2 Å². The lowest BCUT2D eigenvalue weighted by Gasteiger charge is -2.18. The van der Waals surface area contributed by atoms with E-state index in [-0.39, 0.29) is 11.9 Å². The van der Waals surface area contributed by atoms with Crippen molar-refractivity contribution >= 4 is 43.2 Å². The fraction of sp³-hybridized carbons (Fsp3) is 0.286. The fourth-order valence-electron chi connectivity index (χ4n) is 1.96. The van der Waals surface area contributed by atoms with Crippen LogP contribution in [-0.2, 0) is 0 Å². The number of hydrogen-bond acceptors (Lipinski definition) is 2. The Morgan fingerprint density at radius 1 is 1.26 bits per heavy atom. The first-order valence-corrected chi connectivity index (χ1v) is 8.37. The third-order valence-corrected chi connectivity index (χ3v) is 5.43. The van der Waals surface area contributed by atoms with Crippen molar-refractivity contribution in [2.45, 2.75) is 19.9 Å². The van der Waals surface area contributed by atoms with E-state index in [1.807, 2.05) is 12.1 Å². The molecular formula is C14H14Br2FNS. The van der Waals surface area contributed by atoms with Crippen molar-refractivity contribution in [2.24, 2.45) is 0 Å². The lowest BCUT2D eigenvalue weighted by molar-refractivity contribution is 0.611. The highest BCUT2D eigenvalue weighted by molar-refractivity contribution is 9.10. The van der Waals surface area contributed by atoms with Gasteiger partial charge in [-0.2, -0.15) is 0 Å². The first-order valence-electron chi connectivity index (χ1n) is 5.97. The molecule has 0 aliphatic heterocycles. The van der Waals surface area contributed by atoms with Crippen LogP contribution in [0.1, 0.15) is 28.3 Å². The molecule has 5 heteroatoms. The highest BCUT2D eigenvalue weighted by Crippen LogP contribution is 2.36. The second-order valence-electron chi connectivity index (χ2n) is 4.23. The summed E-state index contributed by atoms with van der Waals surface area (Å²) in [6.45, 7) is 5.01. The minimum absolute atomic E-state index is 0.0787. The Morgan fingerprint density at radius 2 is 2.00 bits per heavy atom. The van der Waals surface area contributed by atoms with Crippen molar-refractivity contribution in [3.05, 3.63) is 54.3 Å². The molecule has 19 heavy (non-hydrogen) atoms. The van der Waals surface area contributed by atoms with E-state index in [2.05, 4.69) is 57.1 Å². The Kier molecular flexibility index (Phi) is 5.17. The molecular weight excluding hydrogens is 393 g/mol. The predicted octanol–water partition coefficient (Wildman–Crippen LogP) is 5.42. The van der Waals surface area contributed by atoms with Gasteiger partial charge < -0.3 is 5.32 Å². The minimum Gasteiger partial charge on any atom is -0.306 e. The van der Waals surface area contributed by atoms with Crippen LogP contribution in [0, 0.1) is 12.7 Å². The van der Waals surface area contributed by atoms with E-state index in [0.29, 0.717) is 4.47 Å². The van der Waals surface area contributed by atoms with Gasteiger partial charge in [0.05, 0.1) is 10.5 Å². The van der Waals surface area contributed by atoms with Gasteiger partial charge in [-0.15, -0.1) is 11.3 Å². The standard InChI is InChI=1S/C14H14Br2FNS/c1-3-18-13(14-11(16)6-8(2)19-14)9-4-5-12(17)10(15)7-9/h4-7,13,18H,3H2,1-2H3. The normalized spacial score (nSPS) is 12.7. The average molecular weight is 407 g/mol. The molecule has 0 radical (unpaired) electrons. The van der Waals surface area contributed by atoms with Crippen molar-refractivity contribution in [3.8, 4) is 0 Å². The molecule has 1 atom stereocenters. The van der Waals surface area contributed by atoms with Crippen molar-refractivity contribution in [1.82, 2.24) is 5.32 Å². The SMILES string of the molecule is CCNC(c1ccc(F)c(Br)c1)c1sc(C)cc1Br. The molecule has 0 saturated carbocycles. The summed E-state index contributed by atoms with van der Waals surface area (Å²) in [5, 5.41) is 3.45. The molecule has 0 spiro atoms. The maximum absolute atomic E-state index is 13.4. The molecule has 2 rings (SSSR count). The maximum atomic E-state index is 13.4. The van der Waals surface area contributed by atoms with E-state index in [1.54, 1.807) is 11.3 Å². The molecule has 1 aromatic carbocycles. The van der Waals surface area contributed by atoms with Gasteiger partial charge in [0.25, 0.3) is 0 Å². The van der Waals surface area contributed by atoms with Crippen LogP contribution in [-0.4, -0.2) is 6.54 Å². The summed E-state index contributed by atoms with van der Waals surface area (Å²) < 4.78 is 15.0. The molecule has 1 aromatic heterocycles. The average Bonchev–Trinajstić information content (AvgIpc) is 2.69. The number of nitrogens with one attached hydrogen (secondary N) is 1. The zero-order chi connectivity index (χ0) is 14.0. The Bertz CT molecular complexity index is 583. The zero-order valence-corrected chi connectivity index (χ0v) is 14.6. The fourth-order valence-corrected chi connectivity index (χ4v) is 4.34. The first-order chi connectivity index (χ1) is 9.02. The van der Waals surface area contributed by atoms with Crippen LogP contribution in [0.25, 0.3) is 0 Å². The quantitative estimate of drug-likeness (QED) is 0.714. The van der Waals surface area contributed by atoms with Crippen molar-refractivity contribution in [1.29, 1.82) is 0 Å². The summed E-state index contributed by atoms with van der Waals surface area (Å²) in [6.07, 6.45) is 0. The molecule has 1 heterocycles. The number of hydrogen-bond donors (Lipinski definition) is 1. The first kappa shape index (κ1) is 15.2. The molecule has 0 bridgehead atoms. The monoisotopic (exact) mass is 405 g/mol. The third-order valence-electron chi connectivity index (χ3n) is 2.78. The van der Waals surface area contributed by atoms with E-state index in [0.717, 1.165) is 16.6 Å². The third kappa shape index (κ3) is 3.45. The van der Waals surface area contributed by atoms with Gasteiger partial charge in [0.2, 0.25) is 0 Å². The summed E-state index contributed by atoms with van der Waals surface area (Å²) in [6, 6.07) is 7.36. The number of benzene rings is 1. The second-order valence-corrected chi connectivity index (χ2v) is 7.23. The Morgan fingerprint density at radius 3 is 2.53 bits per heavy atom. The molecule has 1 N–H and O–H groups in total. The second kappa shape index (κ2) is 6.48. The highest BCUT2D eigenvalue weighted by atomic mass is 79.9. The van der Waals surface area contributed by atoms with E-state index >= 15 is 0 Å². The van der Waals surface area contributed by atoms with Crippen LogP contribution in [0.15, 0.2) is 33.2 Å². The van der Waals surface area contributed by atoms with E-state index < -0.39 is 0 Å². The van der Waals surface area contributed by atoms with Crippen molar-refractivity contribution in [3.63, 3.8) is 0 Å². The van der Waals surface area contributed by atoms with Gasteiger partial charge in [-0.05, 0) is 69.1 Å². The largest absolute Gasteiger partial charge is 0.306 e. The number of aryl methyl sites for hydroxylation is 1. The minimum atomic E-state index is -0.236. The maximum Gasteiger partial charge on any atom is 0.137 e. The molecule has 0 aliphatic carbocycles. The van der Waals surface area contributed by atoms with Crippen LogP contribution in [0.5, 0.6) is 0 Å². The molecule has 1 nitrogen and oxygen atoms in total. The molecule has 2 aromatic rings. The Hall–Kier alpha value is -0.230. The van der Waals surface area contributed by atoms with Gasteiger partial charge in [0.1, 0.15) is 5.82 Å². The van der Waals surface area contributed by atoms with Crippen LogP contribution in [0.3, 0.4) is 0 Å². The Labute approximate surface area is 133 Å². The Balaban J connectivity index is 2.44. The van der Waals surface area contributed by atoms with Gasteiger partial charge in [-0.1, -0.05) is 13.0 Å². The summed E-state index contributed by atoms with van der Waals surface area (Å²) in [7, 11) is 0. The van der Waals surface area contributed by atoms with Crippen LogP contribution in [0.4, 0.5) is 4.39 Å². The predicted molar refractivity (Wildman–Crippen MR) is 86.4 cm³/mol. The van der Waals surface area contributed by atoms with Gasteiger partial charge in [-0.25, -0.2) is 4.39 Å². The van der Waals surface area contributed by atoms with Crippen LogP contribution in [0.2, 0.25) is 0 Å². The lowest BCUT2D eigenvalue weighted by Crippen LogP contribution is -2.21. The van der Waals surface area contributed by atoms with Crippen LogP contribution >= 0.6 is 43.2 Å². The molecule has 1 unspecified atom stereocenters. The summed E-state index contributed by atoms with van der Waals surface area (Å²) in [5.41, 5.74) is 1.05. The molecule has 0 fully saturated rings. The van der Waals surface area contributed by atoms with E-state index in [1.165, 1.54) is 15.8 Å². The molecule has 0 aliphatic rings. The lowest BCUT2D eigenvalue weighted by atomic mass is 10.1. The van der Waals surface area contributed by atoms with E-state index in [9.17, 15) is 4.39 Å². The summed E-state index contributed by atoms with van der Waals surface area (Å²) in [5.74, 6) is -0.236. The number of halogens is 3. The van der Waals surface area contributed by atoms with Crippen LogP contribution < -0.4 is 5.32 Å². The molecule has 102 valence electrons. The summed E-state index contributed by atoms with van der Waals surface area (Å²) >= 11 is 8.60. The van der Waals surface area contributed by atoms with Gasteiger partial charge in [-0.3, -0.25) is 0 Å². The highest BCUT2D eigenvalue weighted by Gasteiger charge is 2.19. The smallest absolute Gasteiger partial charge is 0.137 e. The van der Waals surface area contributed by atoms with Gasteiger partial charge >= 0.3 is 0 Å². The molecule has 0 amide bonds. The summed E-state index contributed by atoms with van der Waals surface area (Å²) in [4.78, 5) is 2.48. The van der Waals surface area contributed by atoms with E-state index in [4.69, 9.17) is 0 Å². The zero-order valence-electron chi connectivity index (χ0n) is 10.6. The van der Waals surface area contributed by atoms with Crippen molar-refractivity contribution in [2.75, 3.05) is 6.54 Å². The molecule has 0 saturated heterocycles. The van der Waals surface area contributed by atoms with Gasteiger partial charge in [0.15, 0.2) is 0 Å². The number of rotatable bonds is 4. The topological polar surface area (TPSA) is 12.0 Å². The van der Waals surface area contributed by atoms with Crippen molar-refractivity contribution < 1.29 is 4.39 Å².